The zero-order chi connectivity index (χ0) is 9.80. The summed E-state index contributed by atoms with van der Waals surface area (Å²) in [6.07, 6.45) is 4.24. The Morgan fingerprint density at radius 3 is 3.14 bits per heavy atom. The van der Waals surface area contributed by atoms with Gasteiger partial charge in [-0.2, -0.15) is 0 Å². The first-order chi connectivity index (χ1) is 6.92. The molecule has 0 saturated heterocycles. The molecule has 0 unspecified atom stereocenters. The van der Waals surface area contributed by atoms with E-state index in [9.17, 15) is 4.79 Å². The largest absolute Gasteiger partial charge is 0.361 e. The number of fused-ring (bicyclic) bond motifs is 1. The third-order valence-corrected chi connectivity index (χ3v) is 2.24. The number of isocyanates is 1. The van der Waals surface area contributed by atoms with Crippen LogP contribution >= 0.6 is 0 Å². The normalized spacial score (nSPS) is 10.0. The summed E-state index contributed by atoms with van der Waals surface area (Å²) in [6.45, 7) is 0.508. The van der Waals surface area contributed by atoms with Crippen LogP contribution in [0.15, 0.2) is 35.5 Å². The van der Waals surface area contributed by atoms with Crippen molar-refractivity contribution in [1.82, 2.24) is 4.98 Å². The van der Waals surface area contributed by atoms with Gasteiger partial charge in [-0.05, 0) is 24.1 Å². The highest BCUT2D eigenvalue weighted by atomic mass is 16.1. The van der Waals surface area contributed by atoms with Gasteiger partial charge in [-0.15, -0.1) is 0 Å². The monoisotopic (exact) mass is 186 g/mol. The van der Waals surface area contributed by atoms with Gasteiger partial charge in [0.05, 0.1) is 6.54 Å². The number of nitrogens with one attached hydrogen (secondary N) is 1. The number of H-pyrrole nitrogens is 1. The Bertz CT molecular complexity index is 481. The number of rotatable bonds is 3. The van der Waals surface area contributed by atoms with Gasteiger partial charge in [0, 0.05) is 17.1 Å². The van der Waals surface area contributed by atoms with E-state index in [0.29, 0.717) is 6.54 Å². The molecule has 1 heterocycles. The molecule has 0 radical (unpaired) electrons. The first-order valence-corrected chi connectivity index (χ1v) is 4.50. The molecule has 1 N–H and O–H groups in total. The Hall–Kier alpha value is -1.86. The maximum absolute atomic E-state index is 9.91. The molecule has 0 amide bonds. The van der Waals surface area contributed by atoms with Crippen LogP contribution in [0.3, 0.4) is 0 Å². The van der Waals surface area contributed by atoms with Crippen molar-refractivity contribution in [3.8, 4) is 0 Å². The van der Waals surface area contributed by atoms with Crippen molar-refractivity contribution in [3.05, 3.63) is 36.0 Å². The maximum Gasteiger partial charge on any atom is 0.234 e. The van der Waals surface area contributed by atoms with Crippen molar-refractivity contribution >= 4 is 17.0 Å². The molecule has 3 nitrogen and oxygen atoms in total. The molecule has 70 valence electrons. The predicted octanol–water partition coefficient (Wildman–Crippen LogP) is 2.05. The van der Waals surface area contributed by atoms with E-state index >= 15 is 0 Å². The van der Waals surface area contributed by atoms with Crippen LogP contribution in [0.1, 0.15) is 5.56 Å². The number of carbonyl (C=O) groups excluding carboxylic acids is 1. The lowest BCUT2D eigenvalue weighted by Crippen LogP contribution is -1.89. The Balaban J connectivity index is 2.31. The van der Waals surface area contributed by atoms with Crippen LogP contribution in [0.4, 0.5) is 0 Å². The van der Waals surface area contributed by atoms with Gasteiger partial charge in [-0.1, -0.05) is 12.1 Å². The SMILES string of the molecule is O=C=NCCc1cccc2[nH]ccc12. The third kappa shape index (κ3) is 1.58. The van der Waals surface area contributed by atoms with Gasteiger partial charge in [0.15, 0.2) is 0 Å². The van der Waals surface area contributed by atoms with Crippen molar-refractivity contribution < 1.29 is 4.79 Å². The van der Waals surface area contributed by atoms with Crippen LogP contribution in [0.2, 0.25) is 0 Å². The summed E-state index contributed by atoms with van der Waals surface area (Å²) in [5.74, 6) is 0. The van der Waals surface area contributed by atoms with Gasteiger partial charge in [0.25, 0.3) is 0 Å². The molecule has 0 aliphatic heterocycles. The van der Waals surface area contributed by atoms with Crippen LogP contribution < -0.4 is 0 Å². The molecular weight excluding hydrogens is 176 g/mol. The van der Waals surface area contributed by atoms with E-state index in [4.69, 9.17) is 0 Å². The zero-order valence-electron chi connectivity index (χ0n) is 7.66. The van der Waals surface area contributed by atoms with Gasteiger partial charge in [0.2, 0.25) is 6.08 Å². The molecule has 0 aliphatic rings. The quantitative estimate of drug-likeness (QED) is 0.578. The smallest absolute Gasteiger partial charge is 0.234 e. The minimum Gasteiger partial charge on any atom is -0.361 e. The molecule has 0 bridgehead atoms. The number of hydrogen-bond donors (Lipinski definition) is 1. The standard InChI is InChI=1S/C11H10N2O/c14-8-12-6-4-9-2-1-3-11-10(9)5-7-13-11/h1-3,5,7,13H,4,6H2. The number of nitrogens with zero attached hydrogens (tertiary/aromatic N) is 1. The second-order valence-corrected chi connectivity index (χ2v) is 3.08. The van der Waals surface area contributed by atoms with E-state index < -0.39 is 0 Å². The Labute approximate surface area is 81.5 Å². The van der Waals surface area contributed by atoms with Crippen LogP contribution in [0.25, 0.3) is 10.9 Å². The number of aromatic amines is 1. The lowest BCUT2D eigenvalue weighted by Gasteiger charge is -1.99. The van der Waals surface area contributed by atoms with Gasteiger partial charge >= 0.3 is 0 Å². The molecule has 0 atom stereocenters. The average molecular weight is 186 g/mol. The topological polar surface area (TPSA) is 45.2 Å². The van der Waals surface area contributed by atoms with E-state index in [2.05, 4.69) is 16.0 Å². The fourth-order valence-corrected chi connectivity index (χ4v) is 1.59. The summed E-state index contributed by atoms with van der Waals surface area (Å²) >= 11 is 0. The summed E-state index contributed by atoms with van der Waals surface area (Å²) in [6, 6.07) is 8.12. The molecule has 0 saturated carbocycles. The highest BCUT2D eigenvalue weighted by molar-refractivity contribution is 5.82. The van der Waals surface area contributed by atoms with Crippen LogP contribution in [0, 0.1) is 0 Å². The molecular formula is C11H10N2O. The maximum atomic E-state index is 9.91. The molecule has 2 aromatic rings. The molecule has 0 aliphatic carbocycles. The second-order valence-electron chi connectivity index (χ2n) is 3.08. The second kappa shape index (κ2) is 3.90. The van der Waals surface area contributed by atoms with Crippen LogP contribution in [0.5, 0.6) is 0 Å². The highest BCUT2D eigenvalue weighted by Gasteiger charge is 1.99. The summed E-state index contributed by atoms with van der Waals surface area (Å²) in [5.41, 5.74) is 2.33. The molecule has 3 heteroatoms. The summed E-state index contributed by atoms with van der Waals surface area (Å²) < 4.78 is 0. The summed E-state index contributed by atoms with van der Waals surface area (Å²) in [7, 11) is 0. The van der Waals surface area contributed by atoms with Crippen molar-refractivity contribution in [2.45, 2.75) is 6.42 Å². The Morgan fingerprint density at radius 1 is 1.36 bits per heavy atom. The van der Waals surface area contributed by atoms with Gasteiger partial charge in [-0.3, -0.25) is 0 Å². The van der Waals surface area contributed by atoms with Gasteiger partial charge in [0.1, 0.15) is 0 Å². The number of hydrogen-bond acceptors (Lipinski definition) is 2. The third-order valence-electron chi connectivity index (χ3n) is 2.24. The molecule has 2 rings (SSSR count). The average Bonchev–Trinajstić information content (AvgIpc) is 2.67. The van der Waals surface area contributed by atoms with Crippen LogP contribution in [-0.2, 0) is 11.2 Å². The number of aliphatic imine (C=N–C) groups is 1. The van der Waals surface area contributed by atoms with E-state index in [1.165, 1.54) is 10.9 Å². The highest BCUT2D eigenvalue weighted by Crippen LogP contribution is 2.17. The zero-order valence-corrected chi connectivity index (χ0v) is 7.66. The summed E-state index contributed by atoms with van der Waals surface area (Å²) in [5, 5.41) is 1.20. The fraction of sp³-hybridized carbons (Fsp3) is 0.182. The van der Waals surface area contributed by atoms with Gasteiger partial charge < -0.3 is 4.98 Å². The van der Waals surface area contributed by atoms with E-state index in [0.717, 1.165) is 11.9 Å². The van der Waals surface area contributed by atoms with E-state index in [-0.39, 0.29) is 0 Å². The first-order valence-electron chi connectivity index (χ1n) is 4.50. The predicted molar refractivity (Wildman–Crippen MR) is 55.0 cm³/mol. The number of aromatic nitrogens is 1. The lowest BCUT2D eigenvalue weighted by atomic mass is 10.1. The molecule has 0 fully saturated rings. The van der Waals surface area contributed by atoms with E-state index in [1.54, 1.807) is 6.08 Å². The van der Waals surface area contributed by atoms with Crippen molar-refractivity contribution in [3.63, 3.8) is 0 Å². The van der Waals surface area contributed by atoms with Crippen LogP contribution in [-0.4, -0.2) is 17.6 Å². The van der Waals surface area contributed by atoms with Crippen molar-refractivity contribution in [1.29, 1.82) is 0 Å². The van der Waals surface area contributed by atoms with Crippen molar-refractivity contribution in [2.24, 2.45) is 4.99 Å². The minimum atomic E-state index is 0.508. The molecule has 0 spiro atoms. The lowest BCUT2D eigenvalue weighted by molar-refractivity contribution is 0.563. The Kier molecular flexibility index (Phi) is 2.43. The molecule has 1 aromatic heterocycles. The molecule has 1 aromatic carbocycles. The van der Waals surface area contributed by atoms with E-state index in [1.807, 2.05) is 24.4 Å². The summed E-state index contributed by atoms with van der Waals surface area (Å²) in [4.78, 5) is 16.6. The fourth-order valence-electron chi connectivity index (χ4n) is 1.59. The van der Waals surface area contributed by atoms with Crippen molar-refractivity contribution in [2.75, 3.05) is 6.54 Å². The Morgan fingerprint density at radius 2 is 2.29 bits per heavy atom. The van der Waals surface area contributed by atoms with Gasteiger partial charge in [-0.25, -0.2) is 9.79 Å². The molecule has 14 heavy (non-hydrogen) atoms. The number of benzene rings is 1. The first kappa shape index (κ1) is 8.73. The minimum absolute atomic E-state index is 0.508.